The van der Waals surface area contributed by atoms with Gasteiger partial charge in [-0.2, -0.15) is 0 Å². The largest absolute Gasteiger partial charge is 0.378 e. The van der Waals surface area contributed by atoms with Crippen molar-refractivity contribution in [1.82, 2.24) is 0 Å². The highest BCUT2D eigenvalue weighted by Crippen LogP contribution is 2.31. The molecule has 0 atom stereocenters. The number of anilines is 3. The van der Waals surface area contributed by atoms with Crippen molar-refractivity contribution >= 4 is 38.7 Å². The van der Waals surface area contributed by atoms with Crippen LogP contribution in [0, 0.1) is 10.1 Å². The SMILES string of the molecule is O=[N+]([O-])c1ccc(Br)cc1Nc1ccc(N2CCOCC2)cc1. The van der Waals surface area contributed by atoms with Gasteiger partial charge in [-0.15, -0.1) is 0 Å². The Kier molecular flexibility index (Phi) is 4.78. The highest BCUT2D eigenvalue weighted by molar-refractivity contribution is 9.10. The Bertz CT molecular complexity index is 700. The molecule has 1 aliphatic heterocycles. The van der Waals surface area contributed by atoms with Crippen molar-refractivity contribution in [3.8, 4) is 0 Å². The Morgan fingerprint density at radius 2 is 1.83 bits per heavy atom. The molecule has 1 aliphatic rings. The first-order valence-electron chi connectivity index (χ1n) is 7.27. The summed E-state index contributed by atoms with van der Waals surface area (Å²) in [4.78, 5) is 13.0. The minimum Gasteiger partial charge on any atom is -0.378 e. The van der Waals surface area contributed by atoms with Gasteiger partial charge in [0.25, 0.3) is 5.69 Å². The molecule has 3 rings (SSSR count). The van der Waals surface area contributed by atoms with Crippen molar-refractivity contribution in [2.24, 2.45) is 0 Å². The Morgan fingerprint density at radius 3 is 2.48 bits per heavy atom. The molecule has 120 valence electrons. The van der Waals surface area contributed by atoms with E-state index in [-0.39, 0.29) is 5.69 Å². The van der Waals surface area contributed by atoms with E-state index in [1.54, 1.807) is 12.1 Å². The summed E-state index contributed by atoms with van der Waals surface area (Å²) < 4.78 is 6.14. The molecule has 0 aromatic heterocycles. The Balaban J connectivity index is 1.78. The van der Waals surface area contributed by atoms with E-state index in [9.17, 15) is 10.1 Å². The molecular weight excluding hydrogens is 362 g/mol. The third kappa shape index (κ3) is 3.80. The Hall–Kier alpha value is -2.12. The van der Waals surface area contributed by atoms with Crippen LogP contribution >= 0.6 is 15.9 Å². The molecule has 1 heterocycles. The van der Waals surface area contributed by atoms with Crippen molar-refractivity contribution in [2.45, 2.75) is 0 Å². The van der Waals surface area contributed by atoms with Gasteiger partial charge in [0.2, 0.25) is 0 Å². The number of hydrogen-bond acceptors (Lipinski definition) is 5. The molecule has 0 amide bonds. The van der Waals surface area contributed by atoms with Gasteiger partial charge in [-0.3, -0.25) is 10.1 Å². The van der Waals surface area contributed by atoms with E-state index in [0.29, 0.717) is 5.69 Å². The van der Waals surface area contributed by atoms with Crippen LogP contribution in [0.25, 0.3) is 0 Å². The Labute approximate surface area is 142 Å². The molecule has 0 spiro atoms. The van der Waals surface area contributed by atoms with Gasteiger partial charge in [-0.1, -0.05) is 15.9 Å². The van der Waals surface area contributed by atoms with E-state index >= 15 is 0 Å². The second-order valence-electron chi connectivity index (χ2n) is 5.19. The molecule has 1 N–H and O–H groups in total. The monoisotopic (exact) mass is 377 g/mol. The first-order valence-corrected chi connectivity index (χ1v) is 8.06. The number of nitrogens with one attached hydrogen (secondary N) is 1. The molecule has 7 heteroatoms. The third-order valence-corrected chi connectivity index (χ3v) is 4.17. The van der Waals surface area contributed by atoms with Crippen LogP contribution in [-0.2, 0) is 4.74 Å². The van der Waals surface area contributed by atoms with Gasteiger partial charge in [0.1, 0.15) is 5.69 Å². The van der Waals surface area contributed by atoms with Crippen molar-refractivity contribution < 1.29 is 9.66 Å². The van der Waals surface area contributed by atoms with Gasteiger partial charge in [-0.25, -0.2) is 0 Å². The van der Waals surface area contributed by atoms with E-state index in [4.69, 9.17) is 4.74 Å². The average molecular weight is 378 g/mol. The summed E-state index contributed by atoms with van der Waals surface area (Å²) in [5, 5.41) is 14.2. The highest BCUT2D eigenvalue weighted by Gasteiger charge is 2.15. The average Bonchev–Trinajstić information content (AvgIpc) is 2.56. The minimum absolute atomic E-state index is 0.0467. The lowest BCUT2D eigenvalue weighted by Crippen LogP contribution is -2.36. The first kappa shape index (κ1) is 15.8. The molecule has 1 fully saturated rings. The van der Waals surface area contributed by atoms with Crippen molar-refractivity contribution in [2.75, 3.05) is 36.5 Å². The number of hydrogen-bond donors (Lipinski definition) is 1. The molecule has 0 saturated carbocycles. The standard InChI is InChI=1S/C16H16BrN3O3/c17-12-1-6-16(20(21)22)15(11-12)18-13-2-4-14(5-3-13)19-7-9-23-10-8-19/h1-6,11,18H,7-10H2. The lowest BCUT2D eigenvalue weighted by molar-refractivity contribution is -0.383. The number of ether oxygens (including phenoxy) is 1. The van der Waals surface area contributed by atoms with Gasteiger partial charge in [0.15, 0.2) is 0 Å². The quantitative estimate of drug-likeness (QED) is 0.645. The van der Waals surface area contributed by atoms with Gasteiger partial charge < -0.3 is 15.0 Å². The fourth-order valence-corrected chi connectivity index (χ4v) is 2.86. The van der Waals surface area contributed by atoms with E-state index < -0.39 is 4.92 Å². The van der Waals surface area contributed by atoms with Gasteiger partial charge in [0.05, 0.1) is 18.1 Å². The molecule has 1 saturated heterocycles. The fraction of sp³-hybridized carbons (Fsp3) is 0.250. The second-order valence-corrected chi connectivity index (χ2v) is 6.11. The smallest absolute Gasteiger partial charge is 0.292 e. The summed E-state index contributed by atoms with van der Waals surface area (Å²) in [6, 6.07) is 12.7. The molecule has 2 aromatic carbocycles. The van der Waals surface area contributed by atoms with Crippen LogP contribution < -0.4 is 10.2 Å². The Morgan fingerprint density at radius 1 is 1.13 bits per heavy atom. The molecule has 0 radical (unpaired) electrons. The summed E-state index contributed by atoms with van der Waals surface area (Å²) >= 11 is 3.34. The predicted molar refractivity (Wildman–Crippen MR) is 93.6 cm³/mol. The van der Waals surface area contributed by atoms with Crippen LogP contribution in [0.4, 0.5) is 22.7 Å². The maximum atomic E-state index is 11.1. The summed E-state index contributed by atoms with van der Waals surface area (Å²) in [5.74, 6) is 0. The maximum Gasteiger partial charge on any atom is 0.292 e. The maximum absolute atomic E-state index is 11.1. The molecule has 23 heavy (non-hydrogen) atoms. The summed E-state index contributed by atoms with van der Waals surface area (Å²) in [6.07, 6.45) is 0. The van der Waals surface area contributed by atoms with Crippen LogP contribution in [0.3, 0.4) is 0 Å². The van der Waals surface area contributed by atoms with Crippen LogP contribution in [-0.4, -0.2) is 31.2 Å². The normalized spacial score (nSPS) is 14.6. The van der Waals surface area contributed by atoms with Gasteiger partial charge in [0, 0.05) is 35.0 Å². The van der Waals surface area contributed by atoms with E-state index in [0.717, 1.165) is 42.2 Å². The van der Waals surface area contributed by atoms with Crippen LogP contribution in [0.5, 0.6) is 0 Å². The van der Waals surface area contributed by atoms with Crippen molar-refractivity contribution in [3.05, 3.63) is 57.1 Å². The molecular formula is C16H16BrN3O3. The van der Waals surface area contributed by atoms with Gasteiger partial charge >= 0.3 is 0 Å². The van der Waals surface area contributed by atoms with Crippen LogP contribution in [0.15, 0.2) is 46.9 Å². The lowest BCUT2D eigenvalue weighted by Gasteiger charge is -2.28. The number of morpholine rings is 1. The minimum atomic E-state index is -0.392. The molecule has 0 unspecified atom stereocenters. The number of rotatable bonds is 4. The molecule has 0 bridgehead atoms. The second kappa shape index (κ2) is 6.97. The van der Waals surface area contributed by atoms with Crippen molar-refractivity contribution in [3.63, 3.8) is 0 Å². The fourth-order valence-electron chi connectivity index (χ4n) is 2.50. The zero-order chi connectivity index (χ0) is 16.2. The zero-order valence-electron chi connectivity index (χ0n) is 12.4. The van der Waals surface area contributed by atoms with Crippen LogP contribution in [0.2, 0.25) is 0 Å². The molecule has 6 nitrogen and oxygen atoms in total. The highest BCUT2D eigenvalue weighted by atomic mass is 79.9. The number of halogens is 1. The summed E-state index contributed by atoms with van der Waals surface area (Å²) in [7, 11) is 0. The molecule has 2 aromatic rings. The zero-order valence-corrected chi connectivity index (χ0v) is 14.0. The molecule has 0 aliphatic carbocycles. The number of nitrogens with zero attached hydrogens (tertiary/aromatic N) is 2. The number of benzene rings is 2. The van der Waals surface area contributed by atoms with Crippen LogP contribution in [0.1, 0.15) is 0 Å². The number of nitro benzene ring substituents is 1. The van der Waals surface area contributed by atoms with Gasteiger partial charge in [-0.05, 0) is 36.4 Å². The third-order valence-electron chi connectivity index (χ3n) is 3.68. The van der Waals surface area contributed by atoms with E-state index in [1.807, 2.05) is 24.3 Å². The van der Waals surface area contributed by atoms with E-state index in [2.05, 4.69) is 26.1 Å². The first-order chi connectivity index (χ1) is 11.1. The summed E-state index contributed by atoms with van der Waals surface area (Å²) in [6.45, 7) is 3.24. The number of nitro groups is 1. The van der Waals surface area contributed by atoms with Crippen molar-refractivity contribution in [1.29, 1.82) is 0 Å². The summed E-state index contributed by atoms with van der Waals surface area (Å²) in [5.41, 5.74) is 2.44. The predicted octanol–water partition coefficient (Wildman–Crippen LogP) is 3.94. The van der Waals surface area contributed by atoms with E-state index in [1.165, 1.54) is 6.07 Å². The lowest BCUT2D eigenvalue weighted by atomic mass is 10.2. The topological polar surface area (TPSA) is 67.6 Å².